The third-order valence-corrected chi connectivity index (χ3v) is 6.59. The predicted molar refractivity (Wildman–Crippen MR) is 140 cm³/mol. The highest BCUT2D eigenvalue weighted by molar-refractivity contribution is 6.01. The highest BCUT2D eigenvalue weighted by atomic mass is 16.5. The first-order valence-electron chi connectivity index (χ1n) is 12.7. The van der Waals surface area contributed by atoms with Crippen LogP contribution in [0.25, 0.3) is 10.8 Å². The molecule has 0 bridgehead atoms. The van der Waals surface area contributed by atoms with Crippen LogP contribution in [0.1, 0.15) is 49.0 Å². The van der Waals surface area contributed by atoms with E-state index in [0.717, 1.165) is 22.8 Å². The van der Waals surface area contributed by atoms with Crippen molar-refractivity contribution in [2.45, 2.75) is 51.8 Å². The number of ketones is 1. The number of fused-ring (bicyclic) bond motifs is 1. The largest absolute Gasteiger partial charge is 0.369 e. The summed E-state index contributed by atoms with van der Waals surface area (Å²) in [5.74, 6) is -0.382. The van der Waals surface area contributed by atoms with Gasteiger partial charge in [0.15, 0.2) is 5.78 Å². The van der Waals surface area contributed by atoms with Gasteiger partial charge in [0.1, 0.15) is 12.6 Å². The van der Waals surface area contributed by atoms with Crippen LogP contribution >= 0.6 is 0 Å². The maximum Gasteiger partial charge on any atom is 0.251 e. The van der Waals surface area contributed by atoms with Crippen molar-refractivity contribution in [2.75, 3.05) is 13.2 Å². The number of carbonyl (C=O) groups excluding carboxylic acids is 3. The number of amides is 2. The van der Waals surface area contributed by atoms with E-state index in [1.165, 1.54) is 0 Å². The van der Waals surface area contributed by atoms with E-state index in [1.54, 1.807) is 11.0 Å². The maximum absolute atomic E-state index is 13.6. The Balaban J connectivity index is 1.41. The number of hydrogen-bond acceptors (Lipinski definition) is 4. The Morgan fingerprint density at radius 2 is 1.69 bits per heavy atom. The molecule has 0 radical (unpaired) electrons. The average Bonchev–Trinajstić information content (AvgIpc) is 3.38. The number of ether oxygens (including phenoxy) is 1. The standard InChI is InChI=1S/C30H34N2O4/c1-21(2)17-26(31-29(34)25-15-14-23-11-6-7-12-24(23)18-25)30(35)32-16-8-13-27(32)28(33)20-36-19-22-9-4-3-5-10-22/h3-7,9-12,14-15,18,21,26-27H,8,13,16-17,19-20H2,1-2H3,(H,31,34). The second-order valence-electron chi connectivity index (χ2n) is 9.85. The van der Waals surface area contributed by atoms with Crippen LogP contribution in [-0.4, -0.2) is 47.7 Å². The smallest absolute Gasteiger partial charge is 0.251 e. The molecule has 4 rings (SSSR count). The second-order valence-corrected chi connectivity index (χ2v) is 9.85. The molecule has 2 atom stereocenters. The lowest BCUT2D eigenvalue weighted by Crippen LogP contribution is -2.52. The average molecular weight is 487 g/mol. The van der Waals surface area contributed by atoms with Gasteiger partial charge < -0.3 is 15.0 Å². The fourth-order valence-electron chi connectivity index (χ4n) is 4.77. The molecule has 1 aliphatic heterocycles. The minimum absolute atomic E-state index is 0.0400. The van der Waals surface area contributed by atoms with Crippen LogP contribution in [0.15, 0.2) is 72.8 Å². The molecule has 0 spiro atoms. The van der Waals surface area contributed by atoms with Crippen molar-refractivity contribution in [1.82, 2.24) is 10.2 Å². The third kappa shape index (κ3) is 6.38. The normalized spacial score (nSPS) is 16.3. The van der Waals surface area contributed by atoms with Crippen molar-refractivity contribution in [1.29, 1.82) is 0 Å². The summed E-state index contributed by atoms with van der Waals surface area (Å²) in [5.41, 5.74) is 1.51. The summed E-state index contributed by atoms with van der Waals surface area (Å²) in [6.45, 7) is 4.86. The van der Waals surface area contributed by atoms with Gasteiger partial charge in [-0.2, -0.15) is 0 Å². The van der Waals surface area contributed by atoms with Gasteiger partial charge in [-0.25, -0.2) is 0 Å². The molecule has 1 aliphatic rings. The Labute approximate surface area is 212 Å². The number of hydrogen-bond donors (Lipinski definition) is 1. The molecular weight excluding hydrogens is 452 g/mol. The first-order chi connectivity index (χ1) is 17.4. The third-order valence-electron chi connectivity index (χ3n) is 6.59. The van der Waals surface area contributed by atoms with E-state index in [4.69, 9.17) is 4.74 Å². The summed E-state index contributed by atoms with van der Waals surface area (Å²) in [6.07, 6.45) is 1.88. The number of Topliss-reactive ketones (excluding diaryl/α,β-unsaturated/α-hetero) is 1. The molecule has 6 nitrogen and oxygen atoms in total. The molecule has 1 N–H and O–H groups in total. The van der Waals surface area contributed by atoms with Gasteiger partial charge in [-0.15, -0.1) is 0 Å². The van der Waals surface area contributed by atoms with E-state index >= 15 is 0 Å². The van der Waals surface area contributed by atoms with Crippen LogP contribution in [0.2, 0.25) is 0 Å². The van der Waals surface area contributed by atoms with Crippen LogP contribution < -0.4 is 5.32 Å². The fourth-order valence-corrected chi connectivity index (χ4v) is 4.77. The van der Waals surface area contributed by atoms with Crippen LogP contribution in [0, 0.1) is 5.92 Å². The zero-order valence-electron chi connectivity index (χ0n) is 21.0. The van der Waals surface area contributed by atoms with Crippen molar-refractivity contribution in [2.24, 2.45) is 5.92 Å². The summed E-state index contributed by atoms with van der Waals surface area (Å²) >= 11 is 0. The number of carbonyl (C=O) groups is 3. The second kappa shape index (κ2) is 12.0. The monoisotopic (exact) mass is 486 g/mol. The Bertz CT molecular complexity index is 1210. The molecule has 36 heavy (non-hydrogen) atoms. The summed E-state index contributed by atoms with van der Waals surface area (Å²) in [5, 5.41) is 4.98. The Morgan fingerprint density at radius 3 is 2.44 bits per heavy atom. The molecule has 2 amide bonds. The molecule has 1 saturated heterocycles. The Hall–Kier alpha value is -3.51. The lowest BCUT2D eigenvalue weighted by molar-refractivity contribution is -0.141. The van der Waals surface area contributed by atoms with Gasteiger partial charge in [-0.05, 0) is 53.6 Å². The van der Waals surface area contributed by atoms with Crippen LogP contribution in [0.5, 0.6) is 0 Å². The van der Waals surface area contributed by atoms with Crippen molar-refractivity contribution >= 4 is 28.4 Å². The van der Waals surface area contributed by atoms with Gasteiger partial charge in [0, 0.05) is 12.1 Å². The molecule has 6 heteroatoms. The Kier molecular flexibility index (Phi) is 8.49. The molecule has 188 valence electrons. The molecule has 0 aliphatic carbocycles. The van der Waals surface area contributed by atoms with Gasteiger partial charge in [0.25, 0.3) is 5.91 Å². The van der Waals surface area contributed by atoms with Crippen molar-refractivity contribution < 1.29 is 19.1 Å². The highest BCUT2D eigenvalue weighted by Crippen LogP contribution is 2.22. The molecular formula is C30H34N2O4. The van der Waals surface area contributed by atoms with E-state index in [1.807, 2.05) is 80.6 Å². The maximum atomic E-state index is 13.6. The van der Waals surface area contributed by atoms with Crippen molar-refractivity contribution in [3.63, 3.8) is 0 Å². The lowest BCUT2D eigenvalue weighted by atomic mass is 10.0. The van der Waals surface area contributed by atoms with Crippen molar-refractivity contribution in [3.8, 4) is 0 Å². The number of nitrogens with one attached hydrogen (secondary N) is 1. The quantitative estimate of drug-likeness (QED) is 0.448. The van der Waals surface area contributed by atoms with Crippen LogP contribution in [0.3, 0.4) is 0 Å². The minimum Gasteiger partial charge on any atom is -0.369 e. The molecule has 0 saturated carbocycles. The number of likely N-dealkylation sites (tertiary alicyclic amines) is 1. The van der Waals surface area contributed by atoms with E-state index in [-0.39, 0.29) is 30.1 Å². The molecule has 3 aromatic rings. The molecule has 2 unspecified atom stereocenters. The first kappa shape index (κ1) is 25.6. The zero-order chi connectivity index (χ0) is 25.5. The first-order valence-corrected chi connectivity index (χ1v) is 12.7. The van der Waals surface area contributed by atoms with Gasteiger partial charge >= 0.3 is 0 Å². The van der Waals surface area contributed by atoms with Crippen LogP contribution in [0.4, 0.5) is 0 Å². The summed E-state index contributed by atoms with van der Waals surface area (Å²) in [4.78, 5) is 41.3. The van der Waals surface area contributed by atoms with E-state index in [9.17, 15) is 14.4 Å². The van der Waals surface area contributed by atoms with Gasteiger partial charge in [-0.1, -0.05) is 74.5 Å². The minimum atomic E-state index is -0.692. The Morgan fingerprint density at radius 1 is 0.972 bits per heavy atom. The molecule has 1 heterocycles. The van der Waals surface area contributed by atoms with Gasteiger partial charge in [0.2, 0.25) is 5.91 Å². The van der Waals surface area contributed by atoms with E-state index in [0.29, 0.717) is 31.6 Å². The predicted octanol–water partition coefficient (Wildman–Crippen LogP) is 4.76. The SMILES string of the molecule is CC(C)CC(NC(=O)c1ccc2ccccc2c1)C(=O)N1CCCC1C(=O)COCc1ccccc1. The molecule has 1 fully saturated rings. The van der Waals surface area contributed by atoms with Crippen molar-refractivity contribution in [3.05, 3.63) is 83.9 Å². The van der Waals surface area contributed by atoms with E-state index in [2.05, 4.69) is 5.32 Å². The fraction of sp³-hybridized carbons (Fsp3) is 0.367. The lowest BCUT2D eigenvalue weighted by Gasteiger charge is -2.29. The number of benzene rings is 3. The zero-order valence-corrected chi connectivity index (χ0v) is 21.0. The molecule has 0 aromatic heterocycles. The summed E-state index contributed by atoms with van der Waals surface area (Å²) in [7, 11) is 0. The summed E-state index contributed by atoms with van der Waals surface area (Å²) < 4.78 is 5.65. The number of rotatable bonds is 10. The van der Waals surface area contributed by atoms with Gasteiger partial charge in [-0.3, -0.25) is 14.4 Å². The molecule has 3 aromatic carbocycles. The number of nitrogens with zero attached hydrogens (tertiary/aromatic N) is 1. The highest BCUT2D eigenvalue weighted by Gasteiger charge is 2.37. The topological polar surface area (TPSA) is 75.7 Å². The summed E-state index contributed by atoms with van der Waals surface area (Å²) in [6, 6.07) is 21.9. The van der Waals surface area contributed by atoms with Crippen LogP contribution in [-0.2, 0) is 20.9 Å². The van der Waals surface area contributed by atoms with Gasteiger partial charge in [0.05, 0.1) is 12.6 Å². The van der Waals surface area contributed by atoms with E-state index < -0.39 is 12.1 Å².